The molecular formula is C16H17N3S2. The topological polar surface area (TPSA) is 37.8 Å². The van der Waals surface area contributed by atoms with Crippen molar-refractivity contribution in [2.75, 3.05) is 0 Å². The molecule has 0 aliphatic heterocycles. The molecule has 3 aromatic rings. The maximum Gasteiger partial charge on any atom is 0.157 e. The Morgan fingerprint density at radius 2 is 2.05 bits per heavy atom. The van der Waals surface area contributed by atoms with Gasteiger partial charge < -0.3 is 5.32 Å². The van der Waals surface area contributed by atoms with Gasteiger partial charge in [-0.2, -0.15) is 0 Å². The van der Waals surface area contributed by atoms with Crippen LogP contribution in [0.1, 0.15) is 19.4 Å². The zero-order chi connectivity index (χ0) is 14.7. The molecule has 0 aliphatic rings. The predicted molar refractivity (Wildman–Crippen MR) is 90.0 cm³/mol. The minimum atomic E-state index is 0.463. The fourth-order valence-corrected chi connectivity index (χ4v) is 4.01. The van der Waals surface area contributed by atoms with Gasteiger partial charge in [-0.15, -0.1) is 11.3 Å². The van der Waals surface area contributed by atoms with Gasteiger partial charge in [0.1, 0.15) is 5.03 Å². The van der Waals surface area contributed by atoms with Crippen LogP contribution >= 0.6 is 23.1 Å². The lowest BCUT2D eigenvalue weighted by Gasteiger charge is -2.10. The first-order valence-corrected chi connectivity index (χ1v) is 8.56. The Hall–Kier alpha value is -1.43. The smallest absolute Gasteiger partial charge is 0.157 e. The van der Waals surface area contributed by atoms with E-state index in [9.17, 15) is 0 Å². The van der Waals surface area contributed by atoms with E-state index >= 15 is 0 Å². The van der Waals surface area contributed by atoms with Gasteiger partial charge in [-0.3, -0.25) is 0 Å². The van der Waals surface area contributed by atoms with Crippen molar-refractivity contribution in [2.45, 2.75) is 35.8 Å². The molecule has 5 heteroatoms. The summed E-state index contributed by atoms with van der Waals surface area (Å²) >= 11 is 3.36. The van der Waals surface area contributed by atoms with Crippen molar-refractivity contribution >= 4 is 33.3 Å². The van der Waals surface area contributed by atoms with Crippen LogP contribution in [-0.2, 0) is 6.54 Å². The zero-order valence-electron chi connectivity index (χ0n) is 12.0. The number of nitrogens with zero attached hydrogens (tertiary/aromatic N) is 2. The number of hydrogen-bond donors (Lipinski definition) is 1. The molecule has 0 fully saturated rings. The first-order valence-electron chi connectivity index (χ1n) is 6.93. The van der Waals surface area contributed by atoms with Gasteiger partial charge in [0.05, 0.1) is 10.2 Å². The van der Waals surface area contributed by atoms with Crippen molar-refractivity contribution in [3.63, 3.8) is 0 Å². The highest BCUT2D eigenvalue weighted by atomic mass is 32.2. The first-order chi connectivity index (χ1) is 10.2. The van der Waals surface area contributed by atoms with E-state index in [2.05, 4.69) is 47.3 Å². The van der Waals surface area contributed by atoms with Crippen molar-refractivity contribution in [3.8, 4) is 0 Å². The molecule has 2 aromatic heterocycles. The normalized spacial score (nSPS) is 11.4. The van der Waals surface area contributed by atoms with E-state index in [0.29, 0.717) is 6.04 Å². The van der Waals surface area contributed by atoms with Gasteiger partial charge in [-0.25, -0.2) is 9.97 Å². The third kappa shape index (κ3) is 3.61. The van der Waals surface area contributed by atoms with Gasteiger partial charge in [0.25, 0.3) is 0 Å². The van der Waals surface area contributed by atoms with Crippen molar-refractivity contribution in [1.82, 2.24) is 15.3 Å². The first kappa shape index (κ1) is 14.5. The van der Waals surface area contributed by atoms with Gasteiger partial charge in [-0.05, 0) is 35.5 Å². The monoisotopic (exact) mass is 315 g/mol. The summed E-state index contributed by atoms with van der Waals surface area (Å²) in [6.07, 6.45) is 1.84. The molecule has 0 radical (unpaired) electrons. The van der Waals surface area contributed by atoms with Crippen molar-refractivity contribution < 1.29 is 0 Å². The van der Waals surface area contributed by atoms with Gasteiger partial charge in [0, 0.05) is 18.8 Å². The molecule has 0 amide bonds. The van der Waals surface area contributed by atoms with E-state index in [0.717, 1.165) is 21.4 Å². The second-order valence-electron chi connectivity index (χ2n) is 5.05. The van der Waals surface area contributed by atoms with Gasteiger partial charge in [0.2, 0.25) is 0 Å². The SMILES string of the molecule is CC(C)NCc1cccnc1Sc1nc2ccccc2s1. The number of nitrogens with one attached hydrogen (secondary N) is 1. The Kier molecular flexibility index (Phi) is 4.53. The van der Waals surface area contributed by atoms with E-state index in [1.54, 1.807) is 23.1 Å². The summed E-state index contributed by atoms with van der Waals surface area (Å²) in [6, 6.07) is 12.8. The van der Waals surface area contributed by atoms with Crippen LogP contribution in [0.2, 0.25) is 0 Å². The molecule has 2 heterocycles. The fourth-order valence-electron chi connectivity index (χ4n) is 1.94. The van der Waals surface area contributed by atoms with Crippen LogP contribution < -0.4 is 5.32 Å². The van der Waals surface area contributed by atoms with E-state index in [-0.39, 0.29) is 0 Å². The lowest BCUT2D eigenvalue weighted by atomic mass is 10.2. The van der Waals surface area contributed by atoms with Gasteiger partial charge in [0.15, 0.2) is 4.34 Å². The van der Waals surface area contributed by atoms with Crippen LogP contribution in [0.3, 0.4) is 0 Å². The summed E-state index contributed by atoms with van der Waals surface area (Å²) < 4.78 is 2.26. The number of fused-ring (bicyclic) bond motifs is 1. The molecule has 0 saturated carbocycles. The molecule has 3 nitrogen and oxygen atoms in total. The van der Waals surface area contributed by atoms with Crippen LogP contribution in [0.15, 0.2) is 52.0 Å². The Morgan fingerprint density at radius 3 is 2.86 bits per heavy atom. The molecule has 0 spiro atoms. The standard InChI is InChI=1S/C16H17N3S2/c1-11(2)18-10-12-6-5-9-17-15(12)21-16-19-13-7-3-4-8-14(13)20-16/h3-9,11,18H,10H2,1-2H3. The number of pyridine rings is 1. The molecule has 3 rings (SSSR count). The highest BCUT2D eigenvalue weighted by molar-refractivity contribution is 8.01. The lowest BCUT2D eigenvalue weighted by molar-refractivity contribution is 0.582. The summed E-state index contributed by atoms with van der Waals surface area (Å²) in [7, 11) is 0. The summed E-state index contributed by atoms with van der Waals surface area (Å²) in [5.41, 5.74) is 2.28. The number of hydrogen-bond acceptors (Lipinski definition) is 5. The molecule has 0 aliphatic carbocycles. The number of para-hydroxylation sites is 1. The maximum atomic E-state index is 4.67. The number of rotatable bonds is 5. The molecule has 0 unspecified atom stereocenters. The van der Waals surface area contributed by atoms with Crippen LogP contribution in [0, 0.1) is 0 Å². The minimum Gasteiger partial charge on any atom is -0.310 e. The predicted octanol–water partition coefficient (Wildman–Crippen LogP) is 4.34. The number of thiazole rings is 1. The average molecular weight is 315 g/mol. The van der Waals surface area contributed by atoms with Crippen LogP contribution in [0.25, 0.3) is 10.2 Å². The molecular weight excluding hydrogens is 298 g/mol. The summed E-state index contributed by atoms with van der Waals surface area (Å²) in [6.45, 7) is 5.13. The summed E-state index contributed by atoms with van der Waals surface area (Å²) in [5, 5.41) is 4.48. The highest BCUT2D eigenvalue weighted by Crippen LogP contribution is 2.34. The van der Waals surface area contributed by atoms with E-state index in [4.69, 9.17) is 0 Å². The van der Waals surface area contributed by atoms with E-state index in [1.807, 2.05) is 24.4 Å². The highest BCUT2D eigenvalue weighted by Gasteiger charge is 2.10. The Bertz CT molecular complexity index is 704. The van der Waals surface area contributed by atoms with Crippen molar-refractivity contribution in [2.24, 2.45) is 0 Å². The fraction of sp³-hybridized carbons (Fsp3) is 0.250. The third-order valence-electron chi connectivity index (χ3n) is 3.01. The number of aromatic nitrogens is 2. The van der Waals surface area contributed by atoms with E-state index < -0.39 is 0 Å². The van der Waals surface area contributed by atoms with Crippen molar-refractivity contribution in [3.05, 3.63) is 48.2 Å². The average Bonchev–Trinajstić information content (AvgIpc) is 2.88. The van der Waals surface area contributed by atoms with Crippen LogP contribution in [-0.4, -0.2) is 16.0 Å². The second kappa shape index (κ2) is 6.56. The molecule has 21 heavy (non-hydrogen) atoms. The molecule has 1 aromatic carbocycles. The Labute approximate surface area is 132 Å². The molecule has 1 N–H and O–H groups in total. The molecule has 108 valence electrons. The van der Waals surface area contributed by atoms with Crippen LogP contribution in [0.5, 0.6) is 0 Å². The molecule has 0 saturated heterocycles. The lowest BCUT2D eigenvalue weighted by Crippen LogP contribution is -2.22. The van der Waals surface area contributed by atoms with Crippen LogP contribution in [0.4, 0.5) is 0 Å². The quantitative estimate of drug-likeness (QED) is 0.760. The van der Waals surface area contributed by atoms with Gasteiger partial charge >= 0.3 is 0 Å². The maximum absolute atomic E-state index is 4.67. The molecule has 0 atom stereocenters. The third-order valence-corrected chi connectivity index (χ3v) is 5.17. The summed E-state index contributed by atoms with van der Waals surface area (Å²) in [5.74, 6) is 0. The largest absolute Gasteiger partial charge is 0.310 e. The van der Waals surface area contributed by atoms with Crippen molar-refractivity contribution in [1.29, 1.82) is 0 Å². The minimum absolute atomic E-state index is 0.463. The second-order valence-corrected chi connectivity index (χ2v) is 7.32. The molecule has 0 bridgehead atoms. The van der Waals surface area contributed by atoms with Gasteiger partial charge in [-0.1, -0.05) is 32.0 Å². The van der Waals surface area contributed by atoms with E-state index in [1.165, 1.54) is 10.3 Å². The summed E-state index contributed by atoms with van der Waals surface area (Å²) in [4.78, 5) is 9.18. The zero-order valence-corrected chi connectivity index (χ0v) is 13.7. The Balaban J connectivity index is 1.83. The Morgan fingerprint density at radius 1 is 1.19 bits per heavy atom. The number of benzene rings is 1.